The molecule has 2 rings (SSSR count). The van der Waals surface area contributed by atoms with Crippen LogP contribution >= 0.6 is 27.7 Å². The van der Waals surface area contributed by atoms with Crippen molar-refractivity contribution in [3.8, 4) is 6.07 Å². The first-order valence-electron chi connectivity index (χ1n) is 4.45. The van der Waals surface area contributed by atoms with E-state index >= 15 is 0 Å². The van der Waals surface area contributed by atoms with Crippen LogP contribution in [0.5, 0.6) is 0 Å². The summed E-state index contributed by atoms with van der Waals surface area (Å²) in [6.45, 7) is 0. The topological polar surface area (TPSA) is 49.6 Å². The van der Waals surface area contributed by atoms with Gasteiger partial charge in [0.2, 0.25) is 0 Å². The lowest BCUT2D eigenvalue weighted by molar-refractivity contribution is 0.966. The molecule has 0 saturated heterocycles. The number of rotatable bonds is 2. The molecule has 0 spiro atoms. The quantitative estimate of drug-likeness (QED) is 0.797. The molecular formula is C11H6BrN3S. The number of benzene rings is 1. The van der Waals surface area contributed by atoms with Crippen molar-refractivity contribution in [1.29, 1.82) is 5.26 Å². The van der Waals surface area contributed by atoms with Crippen LogP contribution in [0.3, 0.4) is 0 Å². The van der Waals surface area contributed by atoms with E-state index in [0.717, 1.165) is 9.37 Å². The third-order valence-corrected chi connectivity index (χ3v) is 3.44. The fourth-order valence-electron chi connectivity index (χ4n) is 1.13. The highest BCUT2D eigenvalue weighted by molar-refractivity contribution is 9.10. The van der Waals surface area contributed by atoms with Crippen LogP contribution in [0.1, 0.15) is 5.56 Å². The fourth-order valence-corrected chi connectivity index (χ4v) is 2.55. The standard InChI is InChI=1S/C11H6BrN3S/c12-9-3-1-4-10(8(9)7-13)16-11-14-5-2-6-15-11/h1-6H. The van der Waals surface area contributed by atoms with Crippen molar-refractivity contribution >= 4 is 27.7 Å². The van der Waals surface area contributed by atoms with Gasteiger partial charge in [0.15, 0.2) is 5.16 Å². The van der Waals surface area contributed by atoms with Crippen LogP contribution in [-0.2, 0) is 0 Å². The summed E-state index contributed by atoms with van der Waals surface area (Å²) in [5.74, 6) is 0. The molecule has 5 heteroatoms. The largest absolute Gasteiger partial charge is 0.231 e. The molecule has 0 unspecified atom stereocenters. The van der Waals surface area contributed by atoms with Crippen LogP contribution in [0.2, 0.25) is 0 Å². The smallest absolute Gasteiger partial charge is 0.192 e. The predicted octanol–water partition coefficient (Wildman–Crippen LogP) is 3.26. The molecule has 0 aliphatic rings. The van der Waals surface area contributed by atoms with Crippen molar-refractivity contribution in [2.24, 2.45) is 0 Å². The van der Waals surface area contributed by atoms with Crippen LogP contribution in [0.4, 0.5) is 0 Å². The van der Waals surface area contributed by atoms with Gasteiger partial charge in [0.05, 0.1) is 5.56 Å². The minimum Gasteiger partial charge on any atom is -0.231 e. The molecule has 0 atom stereocenters. The van der Waals surface area contributed by atoms with Crippen LogP contribution in [0, 0.1) is 11.3 Å². The monoisotopic (exact) mass is 291 g/mol. The Morgan fingerprint density at radius 2 is 1.94 bits per heavy atom. The van der Waals surface area contributed by atoms with E-state index in [1.165, 1.54) is 11.8 Å². The van der Waals surface area contributed by atoms with Gasteiger partial charge in [0.1, 0.15) is 6.07 Å². The molecule has 0 radical (unpaired) electrons. The van der Waals surface area contributed by atoms with Gasteiger partial charge in [-0.2, -0.15) is 5.26 Å². The van der Waals surface area contributed by atoms with E-state index < -0.39 is 0 Å². The summed E-state index contributed by atoms with van der Waals surface area (Å²) in [6.07, 6.45) is 3.36. The summed E-state index contributed by atoms with van der Waals surface area (Å²) in [5.41, 5.74) is 0.611. The SMILES string of the molecule is N#Cc1c(Br)cccc1Sc1ncccn1. The third-order valence-electron chi connectivity index (χ3n) is 1.83. The molecular weight excluding hydrogens is 286 g/mol. The summed E-state index contributed by atoms with van der Waals surface area (Å²) in [7, 11) is 0. The lowest BCUT2D eigenvalue weighted by atomic mass is 10.2. The molecule has 78 valence electrons. The first-order valence-corrected chi connectivity index (χ1v) is 6.05. The second kappa shape index (κ2) is 5.10. The Morgan fingerprint density at radius 1 is 1.19 bits per heavy atom. The van der Waals surface area contributed by atoms with Gasteiger partial charge in [0, 0.05) is 21.8 Å². The van der Waals surface area contributed by atoms with E-state index in [-0.39, 0.29) is 0 Å². The zero-order valence-corrected chi connectivity index (χ0v) is 10.5. The third kappa shape index (κ3) is 2.40. The van der Waals surface area contributed by atoms with E-state index in [0.29, 0.717) is 10.7 Å². The highest BCUT2D eigenvalue weighted by Gasteiger charge is 2.08. The van der Waals surface area contributed by atoms with Crippen molar-refractivity contribution in [3.05, 3.63) is 46.7 Å². The van der Waals surface area contributed by atoms with Crippen molar-refractivity contribution in [2.75, 3.05) is 0 Å². The van der Waals surface area contributed by atoms with Crippen molar-refractivity contribution in [2.45, 2.75) is 10.1 Å². The molecule has 3 nitrogen and oxygen atoms in total. The summed E-state index contributed by atoms with van der Waals surface area (Å²) >= 11 is 4.72. The van der Waals surface area contributed by atoms with E-state index in [9.17, 15) is 0 Å². The first-order chi connectivity index (χ1) is 7.81. The maximum atomic E-state index is 9.04. The van der Waals surface area contributed by atoms with Gasteiger partial charge in [0.25, 0.3) is 0 Å². The number of nitrogens with zero attached hydrogens (tertiary/aromatic N) is 3. The van der Waals surface area contributed by atoms with Gasteiger partial charge in [-0.05, 0) is 45.9 Å². The van der Waals surface area contributed by atoms with Crippen molar-refractivity contribution < 1.29 is 0 Å². The Bertz CT molecular complexity index is 537. The molecule has 0 aliphatic carbocycles. The van der Waals surface area contributed by atoms with Crippen LogP contribution in [0.15, 0.2) is 51.2 Å². The maximum Gasteiger partial charge on any atom is 0.192 e. The Balaban J connectivity index is 2.36. The van der Waals surface area contributed by atoms with Crippen LogP contribution in [0.25, 0.3) is 0 Å². The maximum absolute atomic E-state index is 9.04. The molecule has 1 aromatic heterocycles. The van der Waals surface area contributed by atoms with Crippen molar-refractivity contribution in [3.63, 3.8) is 0 Å². The average molecular weight is 292 g/mol. The highest BCUT2D eigenvalue weighted by atomic mass is 79.9. The highest BCUT2D eigenvalue weighted by Crippen LogP contribution is 2.31. The Kier molecular flexibility index (Phi) is 3.54. The minimum absolute atomic E-state index is 0.611. The molecule has 1 heterocycles. The summed E-state index contributed by atoms with van der Waals surface area (Å²) in [6, 6.07) is 9.53. The Labute approximate surface area is 106 Å². The molecule has 1 aromatic carbocycles. The second-order valence-electron chi connectivity index (χ2n) is 2.86. The number of hydrogen-bond donors (Lipinski definition) is 0. The summed E-state index contributed by atoms with van der Waals surface area (Å²) < 4.78 is 0.788. The average Bonchev–Trinajstić information content (AvgIpc) is 2.31. The van der Waals surface area contributed by atoms with Gasteiger partial charge < -0.3 is 0 Å². The van der Waals surface area contributed by atoms with E-state index in [4.69, 9.17) is 5.26 Å². The van der Waals surface area contributed by atoms with Gasteiger partial charge in [-0.1, -0.05) is 6.07 Å². The van der Waals surface area contributed by atoms with E-state index in [2.05, 4.69) is 32.0 Å². The predicted molar refractivity (Wildman–Crippen MR) is 65.0 cm³/mol. The molecule has 2 aromatic rings. The molecule has 0 saturated carbocycles. The lowest BCUT2D eigenvalue weighted by Gasteiger charge is -2.03. The Morgan fingerprint density at radius 3 is 2.62 bits per heavy atom. The van der Waals surface area contributed by atoms with E-state index in [1.807, 2.05) is 18.2 Å². The summed E-state index contributed by atoms with van der Waals surface area (Å²) in [5, 5.41) is 9.68. The molecule has 0 fully saturated rings. The molecule has 16 heavy (non-hydrogen) atoms. The first kappa shape index (κ1) is 11.1. The zero-order chi connectivity index (χ0) is 11.4. The number of nitriles is 1. The van der Waals surface area contributed by atoms with Gasteiger partial charge >= 0.3 is 0 Å². The van der Waals surface area contributed by atoms with Gasteiger partial charge in [-0.25, -0.2) is 9.97 Å². The lowest BCUT2D eigenvalue weighted by Crippen LogP contribution is -1.86. The van der Waals surface area contributed by atoms with E-state index in [1.54, 1.807) is 18.5 Å². The minimum atomic E-state index is 0.611. The van der Waals surface area contributed by atoms with Crippen LogP contribution in [-0.4, -0.2) is 9.97 Å². The zero-order valence-electron chi connectivity index (χ0n) is 8.09. The second-order valence-corrected chi connectivity index (χ2v) is 4.72. The summed E-state index contributed by atoms with van der Waals surface area (Å²) in [4.78, 5) is 9.06. The molecule has 0 aliphatic heterocycles. The van der Waals surface area contributed by atoms with Crippen LogP contribution < -0.4 is 0 Å². The molecule has 0 bridgehead atoms. The normalized spacial score (nSPS) is 9.75. The number of hydrogen-bond acceptors (Lipinski definition) is 4. The number of halogens is 1. The molecule has 0 amide bonds. The number of aromatic nitrogens is 2. The fraction of sp³-hybridized carbons (Fsp3) is 0. The van der Waals surface area contributed by atoms with Gasteiger partial charge in [-0.3, -0.25) is 0 Å². The Hall–Kier alpha value is -1.38. The van der Waals surface area contributed by atoms with Crippen molar-refractivity contribution in [1.82, 2.24) is 9.97 Å². The molecule has 0 N–H and O–H groups in total. The van der Waals surface area contributed by atoms with Gasteiger partial charge in [-0.15, -0.1) is 0 Å².